The maximum atomic E-state index is 11.8. The molecule has 0 saturated carbocycles. The first-order valence-corrected chi connectivity index (χ1v) is 6.24. The van der Waals surface area contributed by atoms with Crippen LogP contribution in [0.25, 0.3) is 0 Å². The number of anilines is 1. The van der Waals surface area contributed by atoms with Crippen LogP contribution in [0.3, 0.4) is 0 Å². The van der Waals surface area contributed by atoms with Gasteiger partial charge in [0.2, 0.25) is 5.91 Å². The Morgan fingerprint density at radius 2 is 1.85 bits per heavy atom. The quantitative estimate of drug-likeness (QED) is 0.903. The summed E-state index contributed by atoms with van der Waals surface area (Å²) in [4.78, 5) is 24.6. The molecular formula is C14H17NO5. The van der Waals surface area contributed by atoms with Crippen LogP contribution in [0.4, 0.5) is 5.69 Å². The van der Waals surface area contributed by atoms with Crippen LogP contribution in [-0.2, 0) is 16.0 Å². The predicted octanol–water partition coefficient (Wildman–Crippen LogP) is 1.31. The van der Waals surface area contributed by atoms with Crippen molar-refractivity contribution in [3.05, 3.63) is 17.7 Å². The normalized spacial score (nSPS) is 17.4. The number of nitrogens with zero attached hydrogens (tertiary/aromatic N) is 1. The lowest BCUT2D eigenvalue weighted by Crippen LogP contribution is -2.41. The van der Waals surface area contributed by atoms with E-state index in [9.17, 15) is 14.7 Å². The Labute approximate surface area is 116 Å². The van der Waals surface area contributed by atoms with Crippen LogP contribution in [0.15, 0.2) is 12.1 Å². The molecule has 1 atom stereocenters. The zero-order valence-corrected chi connectivity index (χ0v) is 11.7. The zero-order chi connectivity index (χ0) is 14.9. The third kappa shape index (κ3) is 2.29. The highest BCUT2D eigenvalue weighted by Crippen LogP contribution is 2.42. The molecule has 1 aromatic carbocycles. The van der Waals surface area contributed by atoms with Crippen LogP contribution in [0.1, 0.15) is 12.5 Å². The fourth-order valence-corrected chi connectivity index (χ4v) is 2.52. The lowest BCUT2D eigenvalue weighted by Gasteiger charge is -2.34. The predicted molar refractivity (Wildman–Crippen MR) is 72.4 cm³/mol. The maximum Gasteiger partial charge on any atom is 0.308 e. The van der Waals surface area contributed by atoms with Crippen molar-refractivity contribution >= 4 is 17.6 Å². The van der Waals surface area contributed by atoms with Gasteiger partial charge in [0.1, 0.15) is 11.5 Å². The molecule has 0 radical (unpaired) electrons. The Hall–Kier alpha value is -2.24. The first-order chi connectivity index (χ1) is 9.49. The number of carboxylic acid groups (broad SMARTS) is 1. The average molecular weight is 279 g/mol. The first-order valence-electron chi connectivity index (χ1n) is 6.24. The van der Waals surface area contributed by atoms with Crippen molar-refractivity contribution in [2.45, 2.75) is 13.3 Å². The van der Waals surface area contributed by atoms with E-state index in [1.54, 1.807) is 12.1 Å². The second kappa shape index (κ2) is 5.40. The van der Waals surface area contributed by atoms with Crippen LogP contribution >= 0.6 is 0 Å². The van der Waals surface area contributed by atoms with E-state index in [2.05, 4.69) is 0 Å². The van der Waals surface area contributed by atoms with Gasteiger partial charge in [-0.1, -0.05) is 0 Å². The van der Waals surface area contributed by atoms with E-state index in [0.717, 1.165) is 0 Å². The van der Waals surface area contributed by atoms with Crippen molar-refractivity contribution in [3.63, 3.8) is 0 Å². The number of fused-ring (bicyclic) bond motifs is 1. The second-order valence-corrected chi connectivity index (χ2v) is 4.67. The van der Waals surface area contributed by atoms with Gasteiger partial charge in [0.05, 0.1) is 25.8 Å². The van der Waals surface area contributed by atoms with Crippen molar-refractivity contribution < 1.29 is 24.2 Å². The molecule has 2 rings (SSSR count). The van der Waals surface area contributed by atoms with Gasteiger partial charge < -0.3 is 19.5 Å². The number of methoxy groups -OCH3 is 2. The van der Waals surface area contributed by atoms with Gasteiger partial charge in [0.25, 0.3) is 0 Å². The van der Waals surface area contributed by atoms with E-state index in [0.29, 0.717) is 29.2 Å². The summed E-state index contributed by atoms with van der Waals surface area (Å²) in [6.07, 6.45) is 0.314. The smallest absolute Gasteiger partial charge is 0.308 e. The maximum absolute atomic E-state index is 11.8. The topological polar surface area (TPSA) is 76.1 Å². The monoisotopic (exact) mass is 279 g/mol. The van der Waals surface area contributed by atoms with Gasteiger partial charge >= 0.3 is 5.97 Å². The Kier molecular flexibility index (Phi) is 3.83. The molecule has 1 aromatic rings. The third-order valence-electron chi connectivity index (χ3n) is 3.50. The van der Waals surface area contributed by atoms with Gasteiger partial charge in [-0.05, 0) is 18.6 Å². The Balaban J connectivity index is 2.62. The van der Waals surface area contributed by atoms with Crippen molar-refractivity contribution in [1.29, 1.82) is 0 Å². The summed E-state index contributed by atoms with van der Waals surface area (Å²) in [7, 11) is 3.04. The van der Waals surface area contributed by atoms with Crippen molar-refractivity contribution in [2.75, 3.05) is 25.7 Å². The molecule has 108 valence electrons. The molecule has 1 amide bonds. The summed E-state index contributed by atoms with van der Waals surface area (Å²) in [6, 6.07) is 3.44. The van der Waals surface area contributed by atoms with Crippen LogP contribution in [-0.4, -0.2) is 37.7 Å². The molecule has 0 aromatic heterocycles. The number of carbonyl (C=O) groups excluding carboxylic acids is 1. The Morgan fingerprint density at radius 3 is 2.35 bits per heavy atom. The third-order valence-corrected chi connectivity index (χ3v) is 3.50. The lowest BCUT2D eigenvalue weighted by molar-refractivity contribution is -0.141. The number of amides is 1. The lowest BCUT2D eigenvalue weighted by atomic mass is 9.91. The number of aliphatic carboxylic acids is 1. The SMILES string of the molecule is COc1ccc(OC)c2c1CC(C(=O)O)CN2C(C)=O. The molecule has 1 aliphatic rings. The van der Waals surface area contributed by atoms with E-state index >= 15 is 0 Å². The van der Waals surface area contributed by atoms with Gasteiger partial charge in [-0.2, -0.15) is 0 Å². The molecule has 1 aliphatic heterocycles. The minimum atomic E-state index is -0.924. The number of ether oxygens (including phenoxy) is 2. The first kappa shape index (κ1) is 14.2. The van der Waals surface area contributed by atoms with Crippen LogP contribution in [0, 0.1) is 5.92 Å². The second-order valence-electron chi connectivity index (χ2n) is 4.67. The van der Waals surface area contributed by atoms with Gasteiger partial charge in [0.15, 0.2) is 0 Å². The summed E-state index contributed by atoms with van der Waals surface area (Å²) >= 11 is 0. The molecule has 6 nitrogen and oxygen atoms in total. The van der Waals surface area contributed by atoms with Crippen LogP contribution in [0.2, 0.25) is 0 Å². The number of rotatable bonds is 3. The zero-order valence-electron chi connectivity index (χ0n) is 11.7. The van der Waals surface area contributed by atoms with E-state index in [1.165, 1.54) is 26.0 Å². The van der Waals surface area contributed by atoms with Gasteiger partial charge in [-0.15, -0.1) is 0 Å². The Bertz CT molecular complexity index is 555. The highest BCUT2D eigenvalue weighted by atomic mass is 16.5. The largest absolute Gasteiger partial charge is 0.496 e. The summed E-state index contributed by atoms with van der Waals surface area (Å²) in [5, 5.41) is 9.24. The molecule has 0 aliphatic carbocycles. The molecule has 6 heteroatoms. The van der Waals surface area contributed by atoms with E-state index in [1.807, 2.05) is 0 Å². The fraction of sp³-hybridized carbons (Fsp3) is 0.429. The van der Waals surface area contributed by atoms with E-state index < -0.39 is 11.9 Å². The molecule has 0 fully saturated rings. The molecule has 1 N–H and O–H groups in total. The average Bonchev–Trinajstić information content (AvgIpc) is 2.44. The fourth-order valence-electron chi connectivity index (χ4n) is 2.52. The highest BCUT2D eigenvalue weighted by Gasteiger charge is 2.35. The molecule has 20 heavy (non-hydrogen) atoms. The highest BCUT2D eigenvalue weighted by molar-refractivity contribution is 5.96. The Morgan fingerprint density at radius 1 is 1.25 bits per heavy atom. The summed E-state index contributed by atoms with van der Waals surface area (Å²) in [6.45, 7) is 1.55. The number of hydrogen-bond acceptors (Lipinski definition) is 4. The minimum absolute atomic E-state index is 0.140. The van der Waals surface area contributed by atoms with Crippen molar-refractivity contribution in [3.8, 4) is 11.5 Å². The van der Waals surface area contributed by atoms with Crippen LogP contribution < -0.4 is 14.4 Å². The molecule has 0 bridgehead atoms. The van der Waals surface area contributed by atoms with Crippen molar-refractivity contribution in [1.82, 2.24) is 0 Å². The number of carboxylic acids is 1. The van der Waals surface area contributed by atoms with Gasteiger partial charge in [-0.3, -0.25) is 9.59 Å². The summed E-state index contributed by atoms with van der Waals surface area (Å²) in [5.74, 6) is -0.680. The molecule has 1 unspecified atom stereocenters. The van der Waals surface area contributed by atoms with Gasteiger partial charge in [-0.25, -0.2) is 0 Å². The minimum Gasteiger partial charge on any atom is -0.496 e. The van der Waals surface area contributed by atoms with E-state index in [-0.39, 0.29) is 12.5 Å². The molecule has 1 heterocycles. The van der Waals surface area contributed by atoms with E-state index in [4.69, 9.17) is 9.47 Å². The molecule has 0 spiro atoms. The van der Waals surface area contributed by atoms with Gasteiger partial charge in [0, 0.05) is 19.0 Å². The standard InChI is InChI=1S/C14H17NO5/c1-8(16)15-7-9(14(17)18)6-10-11(19-2)4-5-12(20-3)13(10)15/h4-5,9H,6-7H2,1-3H3,(H,17,18). The number of benzene rings is 1. The van der Waals surface area contributed by atoms with Crippen molar-refractivity contribution in [2.24, 2.45) is 5.92 Å². The molecule has 0 saturated heterocycles. The summed E-state index contributed by atoms with van der Waals surface area (Å²) < 4.78 is 10.6. The summed E-state index contributed by atoms with van der Waals surface area (Å²) in [5.41, 5.74) is 1.30. The number of hydrogen-bond donors (Lipinski definition) is 1. The number of carbonyl (C=O) groups is 2. The molecular weight excluding hydrogens is 262 g/mol. The van der Waals surface area contributed by atoms with Crippen LogP contribution in [0.5, 0.6) is 11.5 Å².